The number of anilines is 1. The first-order valence-corrected chi connectivity index (χ1v) is 12.5. The van der Waals surface area contributed by atoms with E-state index in [9.17, 15) is 4.79 Å². The third kappa shape index (κ3) is 8.10. The van der Waals surface area contributed by atoms with Crippen LogP contribution in [0.15, 0.2) is 72.3 Å². The van der Waals surface area contributed by atoms with Crippen LogP contribution in [0.2, 0.25) is 5.02 Å². The van der Waals surface area contributed by atoms with Crippen molar-refractivity contribution in [2.24, 2.45) is 0 Å². The van der Waals surface area contributed by atoms with Gasteiger partial charge in [0.25, 0.3) is 0 Å². The summed E-state index contributed by atoms with van der Waals surface area (Å²) < 4.78 is 16.3. The van der Waals surface area contributed by atoms with E-state index in [1.807, 2.05) is 49.4 Å². The molecular weight excluding hydrogens is 478 g/mol. The van der Waals surface area contributed by atoms with E-state index in [1.165, 1.54) is 26.2 Å². The Labute approximate surface area is 219 Å². The lowest BCUT2D eigenvalue weighted by Crippen LogP contribution is -2.42. The fraction of sp³-hybridized carbons (Fsp3) is 0.393. The molecule has 0 bridgehead atoms. The van der Waals surface area contributed by atoms with Crippen molar-refractivity contribution < 1.29 is 19.0 Å². The van der Waals surface area contributed by atoms with Crippen LogP contribution in [0, 0.1) is 0 Å². The number of allylic oxidation sites excluding steroid dienone is 1. The molecule has 2 fully saturated rings. The summed E-state index contributed by atoms with van der Waals surface area (Å²) in [6.45, 7) is 7.62. The number of benzene rings is 2. The fourth-order valence-electron chi connectivity index (χ4n) is 3.86. The van der Waals surface area contributed by atoms with Gasteiger partial charge in [-0.3, -0.25) is 4.90 Å². The number of carbonyl (C=O) groups excluding carboxylic acids is 1. The number of piperazine rings is 1. The molecule has 8 heteroatoms. The van der Waals surface area contributed by atoms with Gasteiger partial charge in [-0.25, -0.2) is 4.79 Å². The minimum atomic E-state index is -0.371. The Bertz CT molecular complexity index is 1010. The summed E-state index contributed by atoms with van der Waals surface area (Å²) in [5, 5.41) is 0.653. The van der Waals surface area contributed by atoms with Crippen molar-refractivity contribution >= 4 is 23.4 Å². The zero-order valence-corrected chi connectivity index (χ0v) is 22.3. The van der Waals surface area contributed by atoms with E-state index in [-0.39, 0.29) is 12.1 Å². The molecule has 1 amide bonds. The van der Waals surface area contributed by atoms with Crippen LogP contribution in [-0.2, 0) is 9.47 Å². The second-order valence-electron chi connectivity index (χ2n) is 8.78. The van der Waals surface area contributed by atoms with Crippen molar-refractivity contribution in [1.29, 1.82) is 0 Å². The molecule has 0 radical (unpaired) electrons. The maximum Gasteiger partial charge on any atom is 0.415 e. The quantitative estimate of drug-likeness (QED) is 0.458. The van der Waals surface area contributed by atoms with E-state index in [4.69, 9.17) is 25.8 Å². The number of hydrogen-bond donors (Lipinski definition) is 0. The number of ether oxygens (including phenoxy) is 3. The predicted molar refractivity (Wildman–Crippen MR) is 145 cm³/mol. The molecule has 36 heavy (non-hydrogen) atoms. The van der Waals surface area contributed by atoms with Gasteiger partial charge in [-0.2, -0.15) is 0 Å². The fourth-order valence-corrected chi connectivity index (χ4v) is 3.99. The van der Waals surface area contributed by atoms with Gasteiger partial charge in [0.05, 0.1) is 12.6 Å². The molecule has 2 aliphatic heterocycles. The molecule has 2 aliphatic rings. The standard InChI is InChI=1S/C22H22ClNO4.C6H14N2/c1-3-4-16(13-14-26-2)21-15-27-22(25)24(21)18-7-11-20(12-8-18)28-19-9-5-17(23)6-10-19;1-7-3-5-8(2)6-4-7/h3-13,21H,14-15H2,1-2H3;3-6H2,1-2H3/b4-3-,16-13+;/t21-;/m1./s1. The average molecular weight is 514 g/mol. The summed E-state index contributed by atoms with van der Waals surface area (Å²) in [5.74, 6) is 1.35. The van der Waals surface area contributed by atoms with Crippen LogP contribution in [0.3, 0.4) is 0 Å². The Hall–Kier alpha value is -2.84. The van der Waals surface area contributed by atoms with Crippen molar-refractivity contribution in [2.45, 2.75) is 13.0 Å². The highest BCUT2D eigenvalue weighted by atomic mass is 35.5. The van der Waals surface area contributed by atoms with Gasteiger partial charge < -0.3 is 24.0 Å². The van der Waals surface area contributed by atoms with Crippen LogP contribution in [0.25, 0.3) is 0 Å². The molecule has 2 heterocycles. The van der Waals surface area contributed by atoms with Crippen molar-refractivity contribution in [3.8, 4) is 11.5 Å². The van der Waals surface area contributed by atoms with Crippen molar-refractivity contribution in [3.05, 3.63) is 77.4 Å². The van der Waals surface area contributed by atoms with E-state index in [2.05, 4.69) is 23.9 Å². The van der Waals surface area contributed by atoms with Gasteiger partial charge in [0.1, 0.15) is 18.1 Å². The highest BCUT2D eigenvalue weighted by Crippen LogP contribution is 2.30. The van der Waals surface area contributed by atoms with Crippen LogP contribution in [0.1, 0.15) is 6.92 Å². The molecule has 0 N–H and O–H groups in total. The van der Waals surface area contributed by atoms with Gasteiger partial charge in [0.15, 0.2) is 0 Å². The number of carbonyl (C=O) groups is 1. The van der Waals surface area contributed by atoms with Crippen LogP contribution in [-0.4, -0.2) is 82.5 Å². The van der Waals surface area contributed by atoms with E-state index >= 15 is 0 Å². The number of halogens is 1. The Morgan fingerprint density at radius 2 is 1.56 bits per heavy atom. The minimum Gasteiger partial charge on any atom is -0.457 e. The average Bonchev–Trinajstić information content (AvgIpc) is 3.27. The summed E-state index contributed by atoms with van der Waals surface area (Å²) in [6, 6.07) is 14.3. The van der Waals surface area contributed by atoms with Crippen LogP contribution < -0.4 is 9.64 Å². The first-order chi connectivity index (χ1) is 17.4. The molecule has 0 spiro atoms. The van der Waals surface area contributed by atoms with Crippen LogP contribution >= 0.6 is 11.6 Å². The van der Waals surface area contributed by atoms with Gasteiger partial charge in [0.2, 0.25) is 0 Å². The Morgan fingerprint density at radius 3 is 2.08 bits per heavy atom. The molecule has 7 nitrogen and oxygen atoms in total. The number of cyclic esters (lactones) is 1. The lowest BCUT2D eigenvalue weighted by molar-refractivity contribution is 0.179. The summed E-state index contributed by atoms with van der Waals surface area (Å²) >= 11 is 5.89. The van der Waals surface area contributed by atoms with Gasteiger partial charge in [-0.05, 0) is 75.1 Å². The minimum absolute atomic E-state index is 0.207. The molecule has 0 aromatic heterocycles. The van der Waals surface area contributed by atoms with E-state index in [0.29, 0.717) is 29.7 Å². The maximum atomic E-state index is 12.4. The van der Waals surface area contributed by atoms with Gasteiger partial charge in [0, 0.05) is 44.0 Å². The Balaban J connectivity index is 0.000000383. The summed E-state index contributed by atoms with van der Waals surface area (Å²) in [4.78, 5) is 18.7. The first kappa shape index (κ1) is 27.7. The molecule has 194 valence electrons. The van der Waals surface area contributed by atoms with E-state index < -0.39 is 0 Å². The molecule has 1 atom stereocenters. The summed E-state index contributed by atoms with van der Waals surface area (Å²) in [6.07, 6.45) is 5.49. The first-order valence-electron chi connectivity index (χ1n) is 12.1. The normalized spacial score (nSPS) is 19.2. The molecule has 2 aromatic carbocycles. The summed E-state index contributed by atoms with van der Waals surface area (Å²) in [7, 11) is 5.98. The third-order valence-electron chi connectivity index (χ3n) is 5.99. The third-order valence-corrected chi connectivity index (χ3v) is 6.25. The second kappa shape index (κ2) is 14.0. The number of likely N-dealkylation sites (N-methyl/N-ethyl adjacent to an activating group) is 2. The summed E-state index contributed by atoms with van der Waals surface area (Å²) in [5.41, 5.74) is 1.71. The lowest BCUT2D eigenvalue weighted by Gasteiger charge is -2.28. The van der Waals surface area contributed by atoms with Crippen LogP contribution in [0.4, 0.5) is 10.5 Å². The number of nitrogens with zero attached hydrogens (tertiary/aromatic N) is 3. The van der Waals surface area contributed by atoms with E-state index in [0.717, 1.165) is 11.3 Å². The molecule has 2 saturated heterocycles. The Kier molecular flexibility index (Phi) is 10.8. The number of methoxy groups -OCH3 is 1. The second-order valence-corrected chi connectivity index (χ2v) is 9.22. The monoisotopic (exact) mass is 513 g/mol. The molecule has 0 aliphatic carbocycles. The largest absolute Gasteiger partial charge is 0.457 e. The molecule has 0 unspecified atom stereocenters. The highest BCUT2D eigenvalue weighted by Gasteiger charge is 2.35. The number of amides is 1. The van der Waals surface area contributed by atoms with Crippen molar-refractivity contribution in [1.82, 2.24) is 9.80 Å². The molecule has 4 rings (SSSR count). The smallest absolute Gasteiger partial charge is 0.415 e. The lowest BCUT2D eigenvalue weighted by atomic mass is 10.1. The van der Waals surface area contributed by atoms with Crippen LogP contribution in [0.5, 0.6) is 11.5 Å². The SMILES string of the molecule is C/C=C\C(=C/COC)[C@H]1COC(=O)N1c1ccc(Oc2ccc(Cl)cc2)cc1.CN1CCN(C)CC1. The van der Waals surface area contributed by atoms with Gasteiger partial charge in [-0.15, -0.1) is 0 Å². The predicted octanol–water partition coefficient (Wildman–Crippen LogP) is 5.47. The Morgan fingerprint density at radius 1 is 1.00 bits per heavy atom. The number of rotatable bonds is 7. The highest BCUT2D eigenvalue weighted by molar-refractivity contribution is 6.30. The zero-order valence-electron chi connectivity index (χ0n) is 21.5. The maximum absolute atomic E-state index is 12.4. The zero-order chi connectivity index (χ0) is 25.9. The van der Waals surface area contributed by atoms with Crippen molar-refractivity contribution in [2.75, 3.05) is 65.5 Å². The van der Waals surface area contributed by atoms with Gasteiger partial charge in [-0.1, -0.05) is 29.8 Å². The molecule has 0 saturated carbocycles. The van der Waals surface area contributed by atoms with Crippen molar-refractivity contribution in [3.63, 3.8) is 0 Å². The molecular formula is C28H36ClN3O4. The van der Waals surface area contributed by atoms with Gasteiger partial charge >= 0.3 is 6.09 Å². The van der Waals surface area contributed by atoms with E-state index in [1.54, 1.807) is 36.3 Å². The topological polar surface area (TPSA) is 54.5 Å². The number of hydrogen-bond acceptors (Lipinski definition) is 6. The molecule has 2 aromatic rings.